The minimum atomic E-state index is -0.456. The molecule has 1 N–H and O–H groups in total. The second-order valence-corrected chi connectivity index (χ2v) is 6.54. The fourth-order valence-corrected chi connectivity index (χ4v) is 3.14. The summed E-state index contributed by atoms with van der Waals surface area (Å²) in [5, 5.41) is 4.76. The lowest BCUT2D eigenvalue weighted by Gasteiger charge is -2.23. The highest BCUT2D eigenvalue weighted by molar-refractivity contribution is 6.33. The Morgan fingerprint density at radius 1 is 1.21 bits per heavy atom. The zero-order chi connectivity index (χ0) is 20.1. The van der Waals surface area contributed by atoms with Crippen LogP contribution in [0.2, 0.25) is 5.02 Å². The van der Waals surface area contributed by atoms with Crippen molar-refractivity contribution >= 4 is 34.1 Å². The molecule has 146 valence electrons. The summed E-state index contributed by atoms with van der Waals surface area (Å²) in [7, 11) is 0. The van der Waals surface area contributed by atoms with Crippen molar-refractivity contribution in [1.29, 1.82) is 0 Å². The summed E-state index contributed by atoms with van der Waals surface area (Å²) in [5.74, 6) is 0.120. The molecule has 3 rings (SSSR count). The minimum absolute atomic E-state index is 0.151. The Labute approximate surface area is 168 Å². The van der Waals surface area contributed by atoms with Gasteiger partial charge in [-0.2, -0.15) is 0 Å². The summed E-state index contributed by atoms with van der Waals surface area (Å²) in [6, 6.07) is 11.3. The molecule has 0 aliphatic carbocycles. The maximum absolute atomic E-state index is 13.2. The third kappa shape index (κ3) is 4.34. The van der Waals surface area contributed by atoms with Gasteiger partial charge in [0, 0.05) is 24.7 Å². The zero-order valence-corrected chi connectivity index (χ0v) is 16.5. The number of benzene rings is 2. The van der Waals surface area contributed by atoms with Gasteiger partial charge in [0.25, 0.3) is 0 Å². The normalized spacial score (nSPS) is 10.7. The van der Waals surface area contributed by atoms with Crippen LogP contribution >= 0.6 is 11.6 Å². The molecule has 28 heavy (non-hydrogen) atoms. The van der Waals surface area contributed by atoms with Gasteiger partial charge in [-0.3, -0.25) is 0 Å². The number of ether oxygens (including phenoxy) is 1. The number of pyridine rings is 1. The standard InChI is InChI=1S/C21H21ClFN3O2/c1-3-26(21(27)25-19-10-9-15(23)11-18(19)22)13-14-12-24-20(28-4-2)17-8-6-5-7-16(14)17/h5-12H,3-4,13H2,1-2H3,(H,25,27). The number of carbonyl (C=O) groups is 1. The molecular formula is C21H21ClFN3O2. The van der Waals surface area contributed by atoms with Gasteiger partial charge < -0.3 is 15.0 Å². The Hall–Kier alpha value is -2.86. The van der Waals surface area contributed by atoms with Crippen LogP contribution in [0.15, 0.2) is 48.7 Å². The number of carbonyl (C=O) groups excluding carboxylic acids is 1. The van der Waals surface area contributed by atoms with Crippen molar-refractivity contribution in [2.45, 2.75) is 20.4 Å². The number of rotatable bonds is 6. The summed E-state index contributed by atoms with van der Waals surface area (Å²) in [6.45, 7) is 5.16. The topological polar surface area (TPSA) is 54.5 Å². The molecule has 5 nitrogen and oxygen atoms in total. The highest BCUT2D eigenvalue weighted by atomic mass is 35.5. The fraction of sp³-hybridized carbons (Fsp3) is 0.238. The Balaban J connectivity index is 1.84. The first-order valence-corrected chi connectivity index (χ1v) is 9.41. The number of hydrogen-bond acceptors (Lipinski definition) is 3. The summed E-state index contributed by atoms with van der Waals surface area (Å²) in [6.07, 6.45) is 1.73. The van der Waals surface area contributed by atoms with Crippen molar-refractivity contribution < 1.29 is 13.9 Å². The van der Waals surface area contributed by atoms with Gasteiger partial charge >= 0.3 is 6.03 Å². The van der Waals surface area contributed by atoms with E-state index >= 15 is 0 Å². The molecule has 0 radical (unpaired) electrons. The van der Waals surface area contributed by atoms with Crippen LogP contribution in [0.25, 0.3) is 10.8 Å². The quantitative estimate of drug-likeness (QED) is 0.595. The number of halogens is 2. The average Bonchev–Trinajstić information content (AvgIpc) is 2.69. The second kappa shape index (κ2) is 8.89. The predicted octanol–water partition coefficient (Wildman–Crippen LogP) is 5.48. The third-order valence-corrected chi connectivity index (χ3v) is 4.64. The molecule has 0 saturated carbocycles. The molecule has 0 spiro atoms. The highest BCUT2D eigenvalue weighted by Gasteiger charge is 2.17. The van der Waals surface area contributed by atoms with Crippen LogP contribution in [0, 0.1) is 5.82 Å². The number of hydrogen-bond donors (Lipinski definition) is 1. The van der Waals surface area contributed by atoms with Crippen molar-refractivity contribution in [2.75, 3.05) is 18.5 Å². The average molecular weight is 402 g/mol. The number of amides is 2. The lowest BCUT2D eigenvalue weighted by molar-refractivity contribution is 0.212. The summed E-state index contributed by atoms with van der Waals surface area (Å²) in [5.41, 5.74) is 1.27. The molecule has 0 aliphatic rings. The fourth-order valence-electron chi connectivity index (χ4n) is 2.92. The molecule has 1 heterocycles. The highest BCUT2D eigenvalue weighted by Crippen LogP contribution is 2.27. The molecule has 0 unspecified atom stereocenters. The van der Waals surface area contributed by atoms with Crippen LogP contribution in [0.3, 0.4) is 0 Å². The van der Waals surface area contributed by atoms with Gasteiger partial charge in [0.05, 0.1) is 17.3 Å². The van der Waals surface area contributed by atoms with E-state index in [9.17, 15) is 9.18 Å². The number of fused-ring (bicyclic) bond motifs is 1. The molecular weight excluding hydrogens is 381 g/mol. The van der Waals surface area contributed by atoms with Crippen LogP contribution < -0.4 is 10.1 Å². The largest absolute Gasteiger partial charge is 0.478 e. The molecule has 2 amide bonds. The Bertz CT molecular complexity index is 997. The van der Waals surface area contributed by atoms with Crippen molar-refractivity contribution in [2.24, 2.45) is 0 Å². The number of nitrogens with zero attached hydrogens (tertiary/aromatic N) is 2. The Morgan fingerprint density at radius 3 is 2.64 bits per heavy atom. The SMILES string of the molecule is CCOc1ncc(CN(CC)C(=O)Nc2ccc(F)cc2Cl)c2ccccc12. The first kappa shape index (κ1) is 19.9. The zero-order valence-electron chi connectivity index (χ0n) is 15.7. The van der Waals surface area contributed by atoms with E-state index in [0.29, 0.717) is 31.3 Å². The van der Waals surface area contributed by atoms with E-state index in [1.54, 1.807) is 11.1 Å². The van der Waals surface area contributed by atoms with Crippen LogP contribution in [0.1, 0.15) is 19.4 Å². The van der Waals surface area contributed by atoms with E-state index in [0.717, 1.165) is 22.4 Å². The first-order valence-electron chi connectivity index (χ1n) is 9.03. The number of aromatic nitrogens is 1. The van der Waals surface area contributed by atoms with E-state index in [1.807, 2.05) is 38.1 Å². The molecule has 0 aliphatic heterocycles. The van der Waals surface area contributed by atoms with Crippen molar-refractivity contribution in [1.82, 2.24) is 9.88 Å². The van der Waals surface area contributed by atoms with Gasteiger partial charge in [-0.05, 0) is 49.1 Å². The van der Waals surface area contributed by atoms with E-state index in [-0.39, 0.29) is 11.1 Å². The molecule has 1 aromatic heterocycles. The predicted molar refractivity (Wildman–Crippen MR) is 109 cm³/mol. The maximum atomic E-state index is 13.2. The Morgan fingerprint density at radius 2 is 1.96 bits per heavy atom. The van der Waals surface area contributed by atoms with Gasteiger partial charge in [0.1, 0.15) is 5.82 Å². The molecule has 0 saturated heterocycles. The number of urea groups is 1. The summed E-state index contributed by atoms with van der Waals surface area (Å²) >= 11 is 6.01. The van der Waals surface area contributed by atoms with Gasteiger partial charge in [-0.25, -0.2) is 14.2 Å². The molecule has 3 aromatic rings. The third-order valence-electron chi connectivity index (χ3n) is 4.32. The maximum Gasteiger partial charge on any atom is 0.322 e. The van der Waals surface area contributed by atoms with Crippen LogP contribution in [-0.4, -0.2) is 29.1 Å². The van der Waals surface area contributed by atoms with Crippen LogP contribution in [0.4, 0.5) is 14.9 Å². The van der Waals surface area contributed by atoms with E-state index < -0.39 is 5.82 Å². The molecule has 0 atom stereocenters. The first-order chi connectivity index (χ1) is 13.5. The van der Waals surface area contributed by atoms with Gasteiger partial charge in [-0.1, -0.05) is 29.8 Å². The number of anilines is 1. The second-order valence-electron chi connectivity index (χ2n) is 6.14. The van der Waals surface area contributed by atoms with Crippen molar-refractivity contribution in [3.8, 4) is 5.88 Å². The number of nitrogens with one attached hydrogen (secondary N) is 1. The van der Waals surface area contributed by atoms with E-state index in [1.165, 1.54) is 12.1 Å². The van der Waals surface area contributed by atoms with E-state index in [4.69, 9.17) is 16.3 Å². The monoisotopic (exact) mass is 401 g/mol. The summed E-state index contributed by atoms with van der Waals surface area (Å²) < 4.78 is 18.8. The lowest BCUT2D eigenvalue weighted by Crippen LogP contribution is -2.34. The van der Waals surface area contributed by atoms with Gasteiger partial charge in [0.2, 0.25) is 5.88 Å². The molecule has 0 bridgehead atoms. The van der Waals surface area contributed by atoms with Crippen molar-refractivity contribution in [3.05, 3.63) is 65.1 Å². The van der Waals surface area contributed by atoms with Crippen LogP contribution in [0.5, 0.6) is 5.88 Å². The molecule has 7 heteroatoms. The van der Waals surface area contributed by atoms with Gasteiger partial charge in [-0.15, -0.1) is 0 Å². The molecule has 0 fully saturated rings. The smallest absolute Gasteiger partial charge is 0.322 e. The minimum Gasteiger partial charge on any atom is -0.478 e. The van der Waals surface area contributed by atoms with Gasteiger partial charge in [0.15, 0.2) is 0 Å². The Kier molecular flexibility index (Phi) is 6.31. The molecule has 2 aromatic carbocycles. The van der Waals surface area contributed by atoms with E-state index in [2.05, 4.69) is 10.3 Å². The van der Waals surface area contributed by atoms with Crippen molar-refractivity contribution in [3.63, 3.8) is 0 Å². The lowest BCUT2D eigenvalue weighted by atomic mass is 10.1. The van der Waals surface area contributed by atoms with Crippen LogP contribution in [-0.2, 0) is 6.54 Å². The summed E-state index contributed by atoms with van der Waals surface area (Å²) in [4.78, 5) is 18.7.